The van der Waals surface area contributed by atoms with Crippen molar-refractivity contribution in [1.82, 2.24) is 5.32 Å². The summed E-state index contributed by atoms with van der Waals surface area (Å²) in [5, 5.41) is 2.95. The summed E-state index contributed by atoms with van der Waals surface area (Å²) in [7, 11) is -3.22. The maximum absolute atomic E-state index is 12.2. The maximum Gasteiger partial charge on any atom is 0.244 e. The molecular formula is C20H23NO3S. The zero-order valence-corrected chi connectivity index (χ0v) is 15.5. The number of hydrogen-bond acceptors (Lipinski definition) is 3. The number of benzene rings is 2. The minimum atomic E-state index is -3.22. The Hall–Kier alpha value is -2.40. The third-order valence-corrected chi connectivity index (χ3v) is 5.07. The van der Waals surface area contributed by atoms with E-state index in [9.17, 15) is 13.2 Å². The van der Waals surface area contributed by atoms with Crippen molar-refractivity contribution in [2.45, 2.75) is 31.2 Å². The average Bonchev–Trinajstić information content (AvgIpc) is 2.58. The smallest absolute Gasteiger partial charge is 0.244 e. The standard InChI is InChI=1S/C20H23NO3S/c1-4-19(17-10-12-18(13-11-17)25(3,23)24)21-20(22)14-9-16-7-5-15(2)6-8-16/h5-14,19H,4H2,1-3H3,(H,21,22)/b14-9+/t19-/m1/s1. The van der Waals surface area contributed by atoms with Crippen LogP contribution in [0.15, 0.2) is 59.5 Å². The Morgan fingerprint density at radius 3 is 2.20 bits per heavy atom. The fourth-order valence-corrected chi connectivity index (χ4v) is 3.07. The van der Waals surface area contributed by atoms with E-state index in [0.29, 0.717) is 6.42 Å². The van der Waals surface area contributed by atoms with E-state index in [1.807, 2.05) is 38.1 Å². The van der Waals surface area contributed by atoms with Crippen LogP contribution >= 0.6 is 0 Å². The second-order valence-electron chi connectivity index (χ2n) is 6.05. The lowest BCUT2D eigenvalue weighted by atomic mass is 10.0. The maximum atomic E-state index is 12.2. The molecule has 0 aromatic heterocycles. The van der Waals surface area contributed by atoms with Gasteiger partial charge in [-0.15, -0.1) is 0 Å². The Labute approximate surface area is 149 Å². The molecule has 0 saturated carbocycles. The van der Waals surface area contributed by atoms with Crippen molar-refractivity contribution in [3.05, 3.63) is 71.3 Å². The van der Waals surface area contributed by atoms with Crippen LogP contribution in [-0.4, -0.2) is 20.6 Å². The molecule has 0 aliphatic heterocycles. The van der Waals surface area contributed by atoms with Gasteiger partial charge >= 0.3 is 0 Å². The van der Waals surface area contributed by atoms with E-state index in [4.69, 9.17) is 0 Å². The van der Waals surface area contributed by atoms with E-state index in [2.05, 4.69) is 5.32 Å². The fraction of sp³-hybridized carbons (Fsp3) is 0.250. The first kappa shape index (κ1) is 18.9. The van der Waals surface area contributed by atoms with E-state index < -0.39 is 9.84 Å². The first-order valence-electron chi connectivity index (χ1n) is 8.15. The molecule has 0 saturated heterocycles. The van der Waals surface area contributed by atoms with Gasteiger partial charge in [0.25, 0.3) is 0 Å². The molecule has 132 valence electrons. The summed E-state index contributed by atoms with van der Waals surface area (Å²) in [4.78, 5) is 12.4. The lowest BCUT2D eigenvalue weighted by molar-refractivity contribution is -0.117. The number of hydrogen-bond donors (Lipinski definition) is 1. The molecule has 0 heterocycles. The SMILES string of the molecule is CC[C@@H](NC(=O)/C=C/c1ccc(C)cc1)c1ccc(S(C)(=O)=O)cc1. The Bertz CT molecular complexity index is 851. The zero-order chi connectivity index (χ0) is 18.4. The van der Waals surface area contributed by atoms with Crippen LogP contribution in [0.25, 0.3) is 6.08 Å². The highest BCUT2D eigenvalue weighted by Gasteiger charge is 2.13. The number of aryl methyl sites for hydroxylation is 1. The van der Waals surface area contributed by atoms with Crippen LogP contribution in [-0.2, 0) is 14.6 Å². The van der Waals surface area contributed by atoms with Gasteiger partial charge in [-0.3, -0.25) is 4.79 Å². The van der Waals surface area contributed by atoms with Gasteiger partial charge in [-0.1, -0.05) is 48.9 Å². The molecule has 1 atom stereocenters. The van der Waals surface area contributed by atoms with E-state index in [1.54, 1.807) is 30.3 Å². The predicted molar refractivity (Wildman–Crippen MR) is 101 cm³/mol. The molecule has 0 bridgehead atoms. The van der Waals surface area contributed by atoms with E-state index in [0.717, 1.165) is 11.1 Å². The summed E-state index contributed by atoms with van der Waals surface area (Å²) < 4.78 is 23.0. The van der Waals surface area contributed by atoms with Gasteiger partial charge in [-0.05, 0) is 42.7 Å². The summed E-state index contributed by atoms with van der Waals surface area (Å²) in [6, 6.07) is 14.4. The van der Waals surface area contributed by atoms with Gasteiger partial charge in [0.15, 0.2) is 9.84 Å². The van der Waals surface area contributed by atoms with Crippen molar-refractivity contribution in [2.75, 3.05) is 6.26 Å². The average molecular weight is 357 g/mol. The molecule has 5 heteroatoms. The van der Waals surface area contributed by atoms with Crippen LogP contribution < -0.4 is 5.32 Å². The molecule has 2 aromatic rings. The summed E-state index contributed by atoms with van der Waals surface area (Å²) in [5.74, 6) is -0.181. The monoisotopic (exact) mass is 357 g/mol. The number of rotatable bonds is 6. The van der Waals surface area contributed by atoms with E-state index in [1.165, 1.54) is 17.9 Å². The van der Waals surface area contributed by atoms with Crippen LogP contribution in [0.2, 0.25) is 0 Å². The minimum absolute atomic E-state index is 0.163. The lowest BCUT2D eigenvalue weighted by Crippen LogP contribution is -2.26. The predicted octanol–water partition coefficient (Wildman–Crippen LogP) is 3.68. The van der Waals surface area contributed by atoms with Gasteiger partial charge in [0, 0.05) is 12.3 Å². The van der Waals surface area contributed by atoms with Crippen molar-refractivity contribution in [3.8, 4) is 0 Å². The highest BCUT2D eigenvalue weighted by atomic mass is 32.2. The summed E-state index contributed by atoms with van der Waals surface area (Å²) >= 11 is 0. The quantitative estimate of drug-likeness (QED) is 0.802. The molecular weight excluding hydrogens is 334 g/mol. The van der Waals surface area contributed by atoms with Gasteiger partial charge in [0.2, 0.25) is 5.91 Å². The lowest BCUT2D eigenvalue weighted by Gasteiger charge is -2.16. The molecule has 0 aliphatic rings. The number of amides is 1. The molecule has 0 radical (unpaired) electrons. The van der Waals surface area contributed by atoms with Gasteiger partial charge in [0.05, 0.1) is 10.9 Å². The first-order valence-corrected chi connectivity index (χ1v) is 10.0. The Kier molecular flexibility index (Phi) is 6.15. The Balaban J connectivity index is 2.05. The molecule has 0 aliphatic carbocycles. The summed E-state index contributed by atoms with van der Waals surface area (Å²) in [6.07, 6.45) is 5.17. The zero-order valence-electron chi connectivity index (χ0n) is 14.7. The van der Waals surface area contributed by atoms with Crippen molar-refractivity contribution < 1.29 is 13.2 Å². The molecule has 2 rings (SSSR count). The third-order valence-electron chi connectivity index (χ3n) is 3.94. The van der Waals surface area contributed by atoms with Crippen molar-refractivity contribution in [1.29, 1.82) is 0 Å². The summed E-state index contributed by atoms with van der Waals surface area (Å²) in [6.45, 7) is 3.99. The van der Waals surface area contributed by atoms with Crippen LogP contribution in [0.5, 0.6) is 0 Å². The minimum Gasteiger partial charge on any atom is -0.346 e. The van der Waals surface area contributed by atoms with Gasteiger partial charge in [0.1, 0.15) is 0 Å². The normalized spacial score (nSPS) is 12.9. The topological polar surface area (TPSA) is 63.2 Å². The Morgan fingerprint density at radius 2 is 1.68 bits per heavy atom. The van der Waals surface area contributed by atoms with Crippen molar-refractivity contribution in [3.63, 3.8) is 0 Å². The van der Waals surface area contributed by atoms with Gasteiger partial charge in [-0.25, -0.2) is 8.42 Å². The van der Waals surface area contributed by atoms with Gasteiger partial charge < -0.3 is 5.32 Å². The number of sulfone groups is 1. The molecule has 1 amide bonds. The highest BCUT2D eigenvalue weighted by molar-refractivity contribution is 7.90. The van der Waals surface area contributed by atoms with Crippen LogP contribution in [0.1, 0.15) is 36.1 Å². The second kappa shape index (κ2) is 8.12. The van der Waals surface area contributed by atoms with Crippen LogP contribution in [0, 0.1) is 6.92 Å². The summed E-state index contributed by atoms with van der Waals surface area (Å²) in [5.41, 5.74) is 3.02. The molecule has 4 nitrogen and oxygen atoms in total. The third kappa shape index (κ3) is 5.57. The van der Waals surface area contributed by atoms with Crippen LogP contribution in [0.3, 0.4) is 0 Å². The van der Waals surface area contributed by atoms with E-state index in [-0.39, 0.29) is 16.8 Å². The Morgan fingerprint density at radius 1 is 1.08 bits per heavy atom. The first-order chi connectivity index (χ1) is 11.8. The van der Waals surface area contributed by atoms with Gasteiger partial charge in [-0.2, -0.15) is 0 Å². The highest BCUT2D eigenvalue weighted by Crippen LogP contribution is 2.19. The number of carbonyl (C=O) groups is 1. The number of nitrogens with one attached hydrogen (secondary N) is 1. The molecule has 0 unspecified atom stereocenters. The molecule has 0 spiro atoms. The molecule has 1 N–H and O–H groups in total. The molecule has 0 fully saturated rings. The second-order valence-corrected chi connectivity index (χ2v) is 8.07. The molecule has 2 aromatic carbocycles. The fourth-order valence-electron chi connectivity index (χ4n) is 2.44. The van der Waals surface area contributed by atoms with Crippen molar-refractivity contribution >= 4 is 21.8 Å². The van der Waals surface area contributed by atoms with Crippen molar-refractivity contribution in [2.24, 2.45) is 0 Å². The number of carbonyl (C=O) groups excluding carboxylic acids is 1. The van der Waals surface area contributed by atoms with Crippen LogP contribution in [0.4, 0.5) is 0 Å². The van der Waals surface area contributed by atoms with E-state index >= 15 is 0 Å². The molecule has 25 heavy (non-hydrogen) atoms. The largest absolute Gasteiger partial charge is 0.346 e.